The minimum atomic E-state index is 0.0475. The monoisotopic (exact) mass is 212 g/mol. The SMILES string of the molecule is CNC1(c2nccs2)CCOC(C)C1. The quantitative estimate of drug-likeness (QED) is 0.811. The molecule has 1 saturated heterocycles. The summed E-state index contributed by atoms with van der Waals surface area (Å²) in [6.45, 7) is 2.94. The van der Waals surface area contributed by atoms with E-state index >= 15 is 0 Å². The molecule has 0 bridgehead atoms. The van der Waals surface area contributed by atoms with Crippen LogP contribution in [0.1, 0.15) is 24.8 Å². The third-order valence-electron chi connectivity index (χ3n) is 2.89. The van der Waals surface area contributed by atoms with E-state index in [1.54, 1.807) is 11.3 Å². The van der Waals surface area contributed by atoms with Crippen LogP contribution in [0.25, 0.3) is 0 Å². The second kappa shape index (κ2) is 3.96. The lowest BCUT2D eigenvalue weighted by Crippen LogP contribution is -2.47. The summed E-state index contributed by atoms with van der Waals surface area (Å²) in [5.74, 6) is 0. The molecule has 3 nitrogen and oxygen atoms in total. The van der Waals surface area contributed by atoms with Crippen molar-refractivity contribution >= 4 is 11.3 Å². The Morgan fingerprint density at radius 1 is 1.71 bits per heavy atom. The number of rotatable bonds is 2. The van der Waals surface area contributed by atoms with Gasteiger partial charge < -0.3 is 10.1 Å². The molecule has 0 radical (unpaired) electrons. The fourth-order valence-electron chi connectivity index (χ4n) is 2.07. The summed E-state index contributed by atoms with van der Waals surface area (Å²) in [7, 11) is 2.01. The molecule has 4 heteroatoms. The van der Waals surface area contributed by atoms with E-state index in [4.69, 9.17) is 4.74 Å². The Morgan fingerprint density at radius 3 is 3.14 bits per heavy atom. The molecule has 0 saturated carbocycles. The number of aromatic nitrogens is 1. The van der Waals surface area contributed by atoms with Gasteiger partial charge in [0.1, 0.15) is 5.01 Å². The molecule has 1 fully saturated rings. The van der Waals surface area contributed by atoms with Crippen molar-refractivity contribution in [3.63, 3.8) is 0 Å². The first-order valence-corrected chi connectivity index (χ1v) is 5.85. The highest BCUT2D eigenvalue weighted by molar-refractivity contribution is 7.09. The fourth-order valence-corrected chi connectivity index (χ4v) is 2.96. The van der Waals surface area contributed by atoms with E-state index in [0.29, 0.717) is 6.10 Å². The summed E-state index contributed by atoms with van der Waals surface area (Å²) in [4.78, 5) is 4.42. The molecule has 2 heterocycles. The third kappa shape index (κ3) is 1.69. The van der Waals surface area contributed by atoms with Crippen molar-refractivity contribution in [3.8, 4) is 0 Å². The summed E-state index contributed by atoms with van der Waals surface area (Å²) >= 11 is 1.73. The van der Waals surface area contributed by atoms with Crippen LogP contribution in [0, 0.1) is 0 Å². The molecule has 1 aromatic heterocycles. The lowest BCUT2D eigenvalue weighted by Gasteiger charge is -2.38. The zero-order chi connectivity index (χ0) is 10.0. The minimum absolute atomic E-state index is 0.0475. The van der Waals surface area contributed by atoms with Crippen molar-refractivity contribution in [2.24, 2.45) is 0 Å². The lowest BCUT2D eigenvalue weighted by molar-refractivity contribution is -0.0184. The zero-order valence-electron chi connectivity index (χ0n) is 8.62. The Kier molecular flexibility index (Phi) is 2.85. The standard InChI is InChI=1S/C10H16N2OS/c1-8-7-10(11-2,3-5-13-8)9-12-4-6-14-9/h4,6,8,11H,3,5,7H2,1-2H3. The molecule has 0 amide bonds. The Bertz CT molecular complexity index is 288. The summed E-state index contributed by atoms with van der Waals surface area (Å²) < 4.78 is 5.57. The van der Waals surface area contributed by atoms with Crippen molar-refractivity contribution in [3.05, 3.63) is 16.6 Å². The first-order chi connectivity index (χ1) is 6.77. The van der Waals surface area contributed by atoms with Crippen molar-refractivity contribution in [2.75, 3.05) is 13.7 Å². The maximum atomic E-state index is 5.57. The van der Waals surface area contributed by atoms with E-state index < -0.39 is 0 Å². The number of nitrogens with one attached hydrogen (secondary N) is 1. The lowest BCUT2D eigenvalue weighted by atomic mass is 9.88. The molecular formula is C10H16N2OS. The summed E-state index contributed by atoms with van der Waals surface area (Å²) in [5, 5.41) is 6.64. The molecule has 2 unspecified atom stereocenters. The van der Waals surface area contributed by atoms with Crippen LogP contribution in [-0.2, 0) is 10.3 Å². The van der Waals surface area contributed by atoms with Gasteiger partial charge in [0.25, 0.3) is 0 Å². The molecule has 1 aliphatic heterocycles. The van der Waals surface area contributed by atoms with Gasteiger partial charge in [-0.15, -0.1) is 11.3 Å². The third-order valence-corrected chi connectivity index (χ3v) is 3.86. The Hall–Kier alpha value is -0.450. The molecule has 1 N–H and O–H groups in total. The van der Waals surface area contributed by atoms with E-state index in [0.717, 1.165) is 19.4 Å². The number of ether oxygens (including phenoxy) is 1. The molecule has 1 aromatic rings. The average Bonchev–Trinajstić information content (AvgIpc) is 2.71. The largest absolute Gasteiger partial charge is 0.378 e. The highest BCUT2D eigenvalue weighted by Crippen LogP contribution is 2.35. The van der Waals surface area contributed by atoms with Gasteiger partial charge in [0, 0.05) is 18.2 Å². The second-order valence-corrected chi connectivity index (χ2v) is 4.70. The van der Waals surface area contributed by atoms with Gasteiger partial charge in [0.05, 0.1) is 11.6 Å². The van der Waals surface area contributed by atoms with Crippen molar-refractivity contribution in [1.82, 2.24) is 10.3 Å². The van der Waals surface area contributed by atoms with Gasteiger partial charge in [-0.25, -0.2) is 4.98 Å². The van der Waals surface area contributed by atoms with Crippen molar-refractivity contribution in [1.29, 1.82) is 0 Å². The summed E-state index contributed by atoms with van der Waals surface area (Å²) in [6, 6.07) is 0. The van der Waals surface area contributed by atoms with E-state index in [1.165, 1.54) is 5.01 Å². The Labute approximate surface area is 88.5 Å². The highest BCUT2D eigenvalue weighted by atomic mass is 32.1. The first-order valence-electron chi connectivity index (χ1n) is 4.97. The van der Waals surface area contributed by atoms with Gasteiger partial charge in [-0.2, -0.15) is 0 Å². The molecule has 2 atom stereocenters. The van der Waals surface area contributed by atoms with Crippen LogP contribution in [0.15, 0.2) is 11.6 Å². The van der Waals surface area contributed by atoms with Gasteiger partial charge in [0.15, 0.2) is 0 Å². The smallest absolute Gasteiger partial charge is 0.113 e. The predicted octanol–water partition coefficient (Wildman–Crippen LogP) is 1.76. The van der Waals surface area contributed by atoms with Crippen molar-refractivity contribution in [2.45, 2.75) is 31.4 Å². The maximum Gasteiger partial charge on any atom is 0.113 e. The molecule has 14 heavy (non-hydrogen) atoms. The summed E-state index contributed by atoms with van der Waals surface area (Å²) in [5.41, 5.74) is 0.0475. The highest BCUT2D eigenvalue weighted by Gasteiger charge is 2.37. The second-order valence-electron chi connectivity index (χ2n) is 3.80. The molecular weight excluding hydrogens is 196 g/mol. The van der Waals surface area contributed by atoms with Crippen LogP contribution in [0.4, 0.5) is 0 Å². The van der Waals surface area contributed by atoms with Crippen LogP contribution in [0.5, 0.6) is 0 Å². The number of nitrogens with zero attached hydrogens (tertiary/aromatic N) is 1. The fraction of sp³-hybridized carbons (Fsp3) is 0.700. The van der Waals surface area contributed by atoms with Crippen LogP contribution in [0.3, 0.4) is 0 Å². The maximum absolute atomic E-state index is 5.57. The number of hydrogen-bond donors (Lipinski definition) is 1. The zero-order valence-corrected chi connectivity index (χ0v) is 9.43. The van der Waals surface area contributed by atoms with Crippen LogP contribution in [-0.4, -0.2) is 24.7 Å². The number of thiazole rings is 1. The Balaban J connectivity index is 2.25. The van der Waals surface area contributed by atoms with E-state index in [2.05, 4.69) is 17.2 Å². The topological polar surface area (TPSA) is 34.2 Å². The van der Waals surface area contributed by atoms with E-state index in [9.17, 15) is 0 Å². The molecule has 0 aliphatic carbocycles. The predicted molar refractivity (Wildman–Crippen MR) is 57.5 cm³/mol. The Morgan fingerprint density at radius 2 is 2.57 bits per heavy atom. The number of hydrogen-bond acceptors (Lipinski definition) is 4. The van der Waals surface area contributed by atoms with E-state index in [-0.39, 0.29) is 5.54 Å². The van der Waals surface area contributed by atoms with Crippen molar-refractivity contribution < 1.29 is 4.74 Å². The van der Waals surface area contributed by atoms with Crippen LogP contribution in [0.2, 0.25) is 0 Å². The minimum Gasteiger partial charge on any atom is -0.378 e. The molecule has 1 aliphatic rings. The molecule has 0 aromatic carbocycles. The molecule has 78 valence electrons. The van der Waals surface area contributed by atoms with Gasteiger partial charge >= 0.3 is 0 Å². The average molecular weight is 212 g/mol. The summed E-state index contributed by atoms with van der Waals surface area (Å²) in [6.07, 6.45) is 4.22. The first kappa shape index (κ1) is 10.1. The van der Waals surface area contributed by atoms with Gasteiger partial charge in [-0.3, -0.25) is 0 Å². The molecule has 0 spiro atoms. The van der Waals surface area contributed by atoms with Crippen LogP contribution >= 0.6 is 11.3 Å². The van der Waals surface area contributed by atoms with Gasteiger partial charge in [-0.05, 0) is 26.8 Å². The normalized spacial score (nSPS) is 33.1. The van der Waals surface area contributed by atoms with Gasteiger partial charge in [0.2, 0.25) is 0 Å². The molecule has 2 rings (SSSR count). The van der Waals surface area contributed by atoms with E-state index in [1.807, 2.05) is 18.6 Å². The van der Waals surface area contributed by atoms with Crippen LogP contribution < -0.4 is 5.32 Å². The van der Waals surface area contributed by atoms with Gasteiger partial charge in [-0.1, -0.05) is 0 Å².